The summed E-state index contributed by atoms with van der Waals surface area (Å²) in [4.78, 5) is 129. The number of carboxylic acid groups (broad SMARTS) is 1. The first kappa shape index (κ1) is 74.2. The van der Waals surface area contributed by atoms with Crippen molar-refractivity contribution in [3.63, 3.8) is 0 Å². The molecule has 0 bridgehead atoms. The first-order chi connectivity index (χ1) is 54.0. The average molecular weight is 1510 g/mol. The zero-order valence-corrected chi connectivity index (χ0v) is 60.1. The predicted molar refractivity (Wildman–Crippen MR) is 411 cm³/mol. The Morgan fingerprint density at radius 3 is 1.40 bits per heavy atom. The van der Waals surface area contributed by atoms with E-state index < -0.39 is 29.9 Å². The van der Waals surface area contributed by atoms with Gasteiger partial charge in [0.25, 0.3) is 17.7 Å². The van der Waals surface area contributed by atoms with E-state index in [0.717, 1.165) is 133 Å². The number of imidazole rings is 2. The number of pyridine rings is 2. The molecule has 8 aliphatic heterocycles. The molecule has 0 radical (unpaired) electrons. The lowest BCUT2D eigenvalue weighted by Gasteiger charge is -2.34. The molecule has 4 atom stereocenters. The minimum atomic E-state index is -1.23. The van der Waals surface area contributed by atoms with Gasteiger partial charge in [-0.25, -0.2) is 42.5 Å². The lowest BCUT2D eigenvalue weighted by atomic mass is 10.0. The Morgan fingerprint density at radius 1 is 0.473 bits per heavy atom. The van der Waals surface area contributed by atoms with Crippen LogP contribution in [0.3, 0.4) is 0 Å². The quantitative estimate of drug-likeness (QED) is 0.0746. The van der Waals surface area contributed by atoms with Crippen molar-refractivity contribution in [2.24, 2.45) is 0 Å². The number of carbonyl (C=O) groups excluding carboxylic acids is 7. The zero-order valence-electron chi connectivity index (χ0n) is 60.1. The Bertz CT molecular complexity index is 5540. The van der Waals surface area contributed by atoms with Crippen LogP contribution in [0.5, 0.6) is 0 Å². The number of rotatable bonds is 10. The van der Waals surface area contributed by atoms with E-state index in [2.05, 4.69) is 69.3 Å². The standard InChI is InChI=1S/C41H36FN9O4.C25H26FN7.C16H12N2O5.CH4/c42-29-5-1-4-27(23-29)32-7-3-17-49(32)37-14-13-35-43-24-34(51(35)46-37)31-6-2-8-36(44-31)47-18-20-48(21-19-47)39(53)16-10-26-9-11-30-28(22-26)25-50(41(30)55)33-12-15-38(52)45-40(33)54;26-19-5-1-4-18(16-19)21-7-3-13-32(21)25-10-9-23-28-17-22(33(23)30-25)20-6-2-8-24(29-20)31-14-11-27-12-15-31;19-13-5-4-12(15(22)17-13)18-8-10-7-9(2-6-14(20)21)1-3-11(10)16(18)23;/h1-2,4-6,8-9,11,13-14,22-24,32-33H,3,7,12,15,17-21,25H2,(H,45,52,54);1-2,4-6,8-10,16-17,21,27H,3,7,11-15H2;1,3,7,12H,4-5,8H2,(H,20,21)(H,17,19,22);1H4/t32-,33?;21-;;/m11../s1. The summed E-state index contributed by atoms with van der Waals surface area (Å²) in [5.74, 6) is 9.59. The van der Waals surface area contributed by atoms with Crippen LogP contribution in [0.15, 0.2) is 158 Å². The monoisotopic (exact) mass is 1510 g/mol. The van der Waals surface area contributed by atoms with Crippen LogP contribution in [0.2, 0.25) is 0 Å². The zero-order chi connectivity index (χ0) is 76.4. The van der Waals surface area contributed by atoms with E-state index in [1.165, 1.54) is 21.9 Å². The molecule has 0 aliphatic carbocycles. The van der Waals surface area contributed by atoms with Crippen LogP contribution in [0.4, 0.5) is 32.1 Å². The van der Waals surface area contributed by atoms with E-state index in [9.17, 15) is 47.1 Å². The normalized spacial score (nSPS) is 19.3. The molecule has 0 saturated carbocycles. The molecule has 29 heteroatoms. The molecule has 4 aromatic carbocycles. The second-order valence-electron chi connectivity index (χ2n) is 28.2. The molecule has 27 nitrogen and oxygen atoms in total. The molecule has 6 saturated heterocycles. The highest BCUT2D eigenvalue weighted by Crippen LogP contribution is 2.39. The third-order valence-corrected chi connectivity index (χ3v) is 21.3. The van der Waals surface area contributed by atoms with Gasteiger partial charge >= 0.3 is 5.97 Å². The van der Waals surface area contributed by atoms with E-state index in [1.807, 2.05) is 87.9 Å². The van der Waals surface area contributed by atoms with Gasteiger partial charge in [0, 0.05) is 125 Å². The topological polar surface area (TPSA) is 302 Å². The van der Waals surface area contributed by atoms with Crippen LogP contribution in [-0.2, 0) is 41.9 Å². The van der Waals surface area contributed by atoms with Crippen LogP contribution >= 0.6 is 0 Å². The number of anilines is 4. The van der Waals surface area contributed by atoms with Gasteiger partial charge in [-0.3, -0.25) is 44.2 Å². The number of imide groups is 2. The van der Waals surface area contributed by atoms with Gasteiger partial charge in [0.2, 0.25) is 23.6 Å². The van der Waals surface area contributed by atoms with Crippen LogP contribution in [0, 0.1) is 35.3 Å². The molecule has 568 valence electrons. The van der Waals surface area contributed by atoms with E-state index in [1.54, 1.807) is 71.8 Å². The molecule has 8 aliphatic rings. The van der Waals surface area contributed by atoms with Crippen molar-refractivity contribution in [2.45, 2.75) is 96.1 Å². The number of nitrogens with one attached hydrogen (secondary N) is 3. The molecule has 4 N–H and O–H groups in total. The van der Waals surface area contributed by atoms with E-state index in [4.69, 9.17) is 25.3 Å². The van der Waals surface area contributed by atoms with Crippen LogP contribution < -0.4 is 35.6 Å². The van der Waals surface area contributed by atoms with Crippen LogP contribution in [0.25, 0.3) is 34.1 Å². The number of fused-ring (bicyclic) bond motifs is 4. The van der Waals surface area contributed by atoms with Gasteiger partial charge < -0.3 is 44.7 Å². The molecule has 2 unspecified atom stereocenters. The maximum absolute atomic E-state index is 14.1. The van der Waals surface area contributed by atoms with Crippen molar-refractivity contribution < 1.29 is 52.2 Å². The summed E-state index contributed by atoms with van der Waals surface area (Å²) in [5.41, 5.74) is 10.1. The summed E-state index contributed by atoms with van der Waals surface area (Å²) in [6, 6.07) is 42.3. The number of piperidine rings is 2. The number of hydrogen-bond donors (Lipinski definition) is 4. The minimum Gasteiger partial charge on any atom is -0.472 e. The number of piperazine rings is 2. The fourth-order valence-corrected chi connectivity index (χ4v) is 15.7. The second kappa shape index (κ2) is 32.1. The third-order valence-electron chi connectivity index (χ3n) is 21.3. The molecule has 6 aromatic heterocycles. The summed E-state index contributed by atoms with van der Waals surface area (Å²) in [6.45, 7) is 8.12. The minimum absolute atomic E-state index is 0. The van der Waals surface area contributed by atoms with E-state index in [-0.39, 0.29) is 86.6 Å². The predicted octanol–water partition coefficient (Wildman–Crippen LogP) is 7.93. The summed E-state index contributed by atoms with van der Waals surface area (Å²) >= 11 is 0. The Hall–Kier alpha value is -13.3. The molecule has 0 spiro atoms. The number of nitrogens with zero attached hydrogens (tertiary/aromatic N) is 15. The van der Waals surface area contributed by atoms with Gasteiger partial charge in [0.05, 0.1) is 35.9 Å². The Balaban J connectivity index is 0.000000147. The van der Waals surface area contributed by atoms with Crippen molar-refractivity contribution in [2.75, 3.05) is 85.0 Å². The second-order valence-corrected chi connectivity index (χ2v) is 28.2. The van der Waals surface area contributed by atoms with Crippen molar-refractivity contribution in [3.8, 4) is 46.5 Å². The van der Waals surface area contributed by atoms with E-state index in [0.29, 0.717) is 72.5 Å². The number of aliphatic carboxylic acids is 1. The highest BCUT2D eigenvalue weighted by Gasteiger charge is 2.41. The fraction of sp³-hybridized carbons (Fsp3) is 0.301. The first-order valence-electron chi connectivity index (χ1n) is 37.0. The smallest absolute Gasteiger partial charge is 0.382 e. The lowest BCUT2D eigenvalue weighted by molar-refractivity contribution is -0.138. The van der Waals surface area contributed by atoms with Crippen LogP contribution in [0.1, 0.15) is 125 Å². The van der Waals surface area contributed by atoms with Crippen LogP contribution in [-0.4, -0.2) is 184 Å². The third kappa shape index (κ3) is 15.6. The summed E-state index contributed by atoms with van der Waals surface area (Å²) < 4.78 is 31.6. The van der Waals surface area contributed by atoms with Crippen molar-refractivity contribution >= 4 is 81.9 Å². The van der Waals surface area contributed by atoms with Gasteiger partial charge in [-0.1, -0.05) is 55.7 Å². The Kier molecular flexibility index (Phi) is 21.3. The maximum atomic E-state index is 14.1. The van der Waals surface area contributed by atoms with Gasteiger partial charge in [-0.05, 0) is 170 Å². The largest absolute Gasteiger partial charge is 0.472 e. The van der Waals surface area contributed by atoms with Crippen molar-refractivity contribution in [3.05, 3.63) is 214 Å². The molecule has 7 amide bonds. The lowest BCUT2D eigenvalue weighted by Crippen LogP contribution is -2.52. The molecule has 14 heterocycles. The number of aromatic nitrogens is 8. The summed E-state index contributed by atoms with van der Waals surface area (Å²) in [7, 11) is 0. The number of benzene rings is 4. The number of hydrogen-bond acceptors (Lipinski definition) is 19. The van der Waals surface area contributed by atoms with Crippen molar-refractivity contribution in [1.29, 1.82) is 0 Å². The number of halogens is 2. The molecule has 10 aromatic rings. The van der Waals surface area contributed by atoms with Gasteiger partial charge in [-0.15, -0.1) is 10.2 Å². The first-order valence-corrected chi connectivity index (χ1v) is 37.0. The molecular formula is C83H78F2N18O9. The van der Waals surface area contributed by atoms with Gasteiger partial charge in [0.1, 0.15) is 58.4 Å². The molecule has 112 heavy (non-hydrogen) atoms. The number of amides is 7. The highest BCUT2D eigenvalue weighted by atomic mass is 19.1. The SMILES string of the molecule is C.Fc1cccc([C@H]2CCCN2c2ccc3ncc(-c4cccc(N5CCNCC5)n4)n3n2)c1.O=C(O)C#Cc1ccc2c(c1)CN(C1CCC(=O)NC1=O)C2=O.O=C1CCC(N2Cc3cc(C#CC(=O)N4CCN(c5cccc(-c6cnc7ccc(N8CCC[C@@H]8c8cccc(F)c8)nn67)n5)CC4)ccc3C2=O)C(=O)N1. The molecule has 18 rings (SSSR count). The summed E-state index contributed by atoms with van der Waals surface area (Å²) in [6.07, 6.45) is 8.53. The van der Waals surface area contributed by atoms with Gasteiger partial charge in [-0.2, -0.15) is 0 Å². The fourth-order valence-electron chi connectivity index (χ4n) is 15.7. The maximum Gasteiger partial charge on any atom is 0.382 e. The Morgan fingerprint density at radius 2 is 0.938 bits per heavy atom. The highest BCUT2D eigenvalue weighted by molar-refractivity contribution is 6.07. The number of carboxylic acids is 1. The summed E-state index contributed by atoms with van der Waals surface area (Å²) in [5, 5.41) is 26.4. The van der Waals surface area contributed by atoms with Crippen molar-refractivity contribution in [1.82, 2.24) is 69.8 Å². The molecular weight excluding hydrogens is 1430 g/mol. The van der Waals surface area contributed by atoms with Gasteiger partial charge in [0.15, 0.2) is 11.3 Å². The van der Waals surface area contributed by atoms with E-state index >= 15 is 0 Å². The Labute approximate surface area is 642 Å². The average Bonchev–Trinajstić information content (AvgIpc) is 1.63. The molecule has 6 fully saturated rings. The number of carbonyl (C=O) groups is 8.